The average Bonchev–Trinajstić information content (AvgIpc) is 3.33. The maximum Gasteiger partial charge on any atom is 0.0828 e. The van der Waals surface area contributed by atoms with E-state index >= 15 is 0 Å². The third kappa shape index (κ3) is 5.00. The molecular weight excluding hydrogens is 420 g/mol. The minimum Gasteiger partial charge on any atom is -0.375 e. The van der Waals surface area contributed by atoms with Gasteiger partial charge in [0.2, 0.25) is 0 Å². The lowest BCUT2D eigenvalue weighted by Gasteiger charge is -2.45. The van der Waals surface area contributed by atoms with Gasteiger partial charge in [0.05, 0.1) is 17.4 Å². The van der Waals surface area contributed by atoms with Crippen molar-refractivity contribution >= 4 is 0 Å². The Morgan fingerprint density at radius 1 is 1.06 bits per heavy atom. The molecule has 3 atom stereocenters. The number of nitrogens with zero attached hydrogens (tertiary/aromatic N) is 1. The van der Waals surface area contributed by atoms with Gasteiger partial charge >= 0.3 is 0 Å². The van der Waals surface area contributed by atoms with Gasteiger partial charge in [0.1, 0.15) is 0 Å². The molecule has 182 valence electrons. The lowest BCUT2D eigenvalue weighted by atomic mass is 9.69. The molecule has 1 saturated carbocycles. The van der Waals surface area contributed by atoms with Crippen LogP contribution in [0.4, 0.5) is 0 Å². The summed E-state index contributed by atoms with van der Waals surface area (Å²) >= 11 is 0. The zero-order valence-corrected chi connectivity index (χ0v) is 20.7. The number of pyridine rings is 1. The van der Waals surface area contributed by atoms with E-state index in [1.54, 1.807) is 0 Å². The first-order valence-corrected chi connectivity index (χ1v) is 13.4. The number of allylic oxidation sites excluding steroid dienone is 1. The van der Waals surface area contributed by atoms with Crippen molar-refractivity contribution in [2.75, 3.05) is 19.8 Å². The van der Waals surface area contributed by atoms with Crippen molar-refractivity contribution in [3.05, 3.63) is 77.6 Å². The molecule has 1 spiro atoms. The van der Waals surface area contributed by atoms with Gasteiger partial charge in [-0.25, -0.2) is 0 Å². The van der Waals surface area contributed by atoms with E-state index < -0.39 is 0 Å². The Labute approximate surface area is 205 Å². The molecule has 1 saturated heterocycles. The Morgan fingerprint density at radius 3 is 2.68 bits per heavy atom. The van der Waals surface area contributed by atoms with Crippen LogP contribution in [0.25, 0.3) is 0 Å². The van der Waals surface area contributed by atoms with E-state index in [2.05, 4.69) is 60.8 Å². The van der Waals surface area contributed by atoms with Gasteiger partial charge in [-0.05, 0) is 68.2 Å². The van der Waals surface area contributed by atoms with Crippen molar-refractivity contribution < 1.29 is 9.47 Å². The molecule has 5 rings (SSSR count). The van der Waals surface area contributed by atoms with Crippen LogP contribution in [0.3, 0.4) is 0 Å². The Morgan fingerprint density at radius 2 is 1.88 bits per heavy atom. The van der Waals surface area contributed by atoms with E-state index in [0.29, 0.717) is 6.04 Å². The van der Waals surface area contributed by atoms with Gasteiger partial charge in [-0.3, -0.25) is 4.98 Å². The van der Waals surface area contributed by atoms with Crippen LogP contribution in [0, 0.1) is 0 Å². The highest BCUT2D eigenvalue weighted by Crippen LogP contribution is 2.49. The SMILES string of the molecule is CCCO[C@H]1CC[C@H](NC/C=C/[C@@]2(c3ccccn3)CCOC3(CCCC3)C2)c2ccccc21. The fourth-order valence-corrected chi connectivity index (χ4v) is 6.50. The molecule has 1 aromatic heterocycles. The molecule has 3 aliphatic rings. The highest BCUT2D eigenvalue weighted by Gasteiger charge is 2.47. The second-order valence-electron chi connectivity index (χ2n) is 10.5. The average molecular weight is 461 g/mol. The highest BCUT2D eigenvalue weighted by molar-refractivity contribution is 5.34. The molecule has 2 fully saturated rings. The molecule has 4 nitrogen and oxygen atoms in total. The molecule has 2 heterocycles. The molecule has 1 aliphatic heterocycles. The minimum atomic E-state index is -0.0326. The molecule has 0 bridgehead atoms. The number of ether oxygens (including phenoxy) is 2. The summed E-state index contributed by atoms with van der Waals surface area (Å²) in [5, 5.41) is 3.83. The quantitative estimate of drug-likeness (QED) is 0.451. The number of hydrogen-bond acceptors (Lipinski definition) is 4. The van der Waals surface area contributed by atoms with Crippen molar-refractivity contribution in [2.24, 2.45) is 0 Å². The van der Waals surface area contributed by atoms with E-state index in [0.717, 1.165) is 51.9 Å². The molecule has 34 heavy (non-hydrogen) atoms. The largest absolute Gasteiger partial charge is 0.375 e. The summed E-state index contributed by atoms with van der Waals surface area (Å²) in [7, 11) is 0. The number of benzene rings is 1. The molecule has 4 heteroatoms. The maximum absolute atomic E-state index is 6.39. The van der Waals surface area contributed by atoms with Crippen LogP contribution >= 0.6 is 0 Å². The first kappa shape index (κ1) is 23.7. The van der Waals surface area contributed by atoms with Gasteiger partial charge in [0.15, 0.2) is 0 Å². The Bertz CT molecular complexity index is 953. The molecule has 1 N–H and O–H groups in total. The van der Waals surface area contributed by atoms with Crippen LogP contribution in [-0.4, -0.2) is 30.3 Å². The van der Waals surface area contributed by atoms with Gasteiger partial charge < -0.3 is 14.8 Å². The second kappa shape index (κ2) is 10.7. The zero-order valence-electron chi connectivity index (χ0n) is 20.7. The third-order valence-corrected chi connectivity index (χ3v) is 8.16. The zero-order chi connectivity index (χ0) is 23.3. The summed E-state index contributed by atoms with van der Waals surface area (Å²) in [6, 6.07) is 15.6. The van der Waals surface area contributed by atoms with Crippen LogP contribution in [0.15, 0.2) is 60.8 Å². The van der Waals surface area contributed by atoms with E-state index in [1.807, 2.05) is 12.3 Å². The number of rotatable bonds is 8. The Balaban J connectivity index is 1.30. The molecule has 0 amide bonds. The van der Waals surface area contributed by atoms with Crippen molar-refractivity contribution in [3.8, 4) is 0 Å². The van der Waals surface area contributed by atoms with Crippen LogP contribution in [0.2, 0.25) is 0 Å². The molecular formula is C30H40N2O2. The van der Waals surface area contributed by atoms with Crippen LogP contribution in [0.1, 0.15) is 93.7 Å². The van der Waals surface area contributed by atoms with Crippen LogP contribution in [0.5, 0.6) is 0 Å². The summed E-state index contributed by atoms with van der Waals surface area (Å²) < 4.78 is 12.6. The molecule has 0 unspecified atom stereocenters. The fourth-order valence-electron chi connectivity index (χ4n) is 6.50. The second-order valence-corrected chi connectivity index (χ2v) is 10.5. The molecule has 0 radical (unpaired) electrons. The lowest BCUT2D eigenvalue weighted by molar-refractivity contribution is -0.0939. The molecule has 1 aromatic carbocycles. The van der Waals surface area contributed by atoms with Gasteiger partial charge in [0, 0.05) is 37.4 Å². The minimum absolute atomic E-state index is 0.0326. The third-order valence-electron chi connectivity index (χ3n) is 8.16. The monoisotopic (exact) mass is 460 g/mol. The predicted octanol–water partition coefficient (Wildman–Crippen LogP) is 6.59. The van der Waals surface area contributed by atoms with Crippen LogP contribution in [-0.2, 0) is 14.9 Å². The summed E-state index contributed by atoms with van der Waals surface area (Å²) in [5.41, 5.74) is 3.97. The summed E-state index contributed by atoms with van der Waals surface area (Å²) in [4.78, 5) is 4.82. The Hall–Kier alpha value is -2.01. The van der Waals surface area contributed by atoms with Gasteiger partial charge in [-0.15, -0.1) is 0 Å². The molecule has 2 aromatic rings. The first-order chi connectivity index (χ1) is 16.7. The number of nitrogens with one attached hydrogen (secondary N) is 1. The standard InChI is InChI=1S/C30H40N2O2/c1-2-21-33-27-14-13-26(24-10-3-4-11-25(24)27)31-20-9-15-29(28-12-5-8-19-32-28)18-22-34-30(23-29)16-6-7-17-30/h3-5,8-12,15,19,26-27,31H,2,6-7,13-14,16-18,20-23H2,1H3/b15-9+/t26-,27-,29+/m0/s1. The number of aromatic nitrogens is 1. The smallest absolute Gasteiger partial charge is 0.0828 e. The lowest BCUT2D eigenvalue weighted by Crippen LogP contribution is -2.45. The number of hydrogen-bond donors (Lipinski definition) is 1. The maximum atomic E-state index is 6.39. The van der Waals surface area contributed by atoms with Crippen molar-refractivity contribution in [1.82, 2.24) is 10.3 Å². The predicted molar refractivity (Wildman–Crippen MR) is 137 cm³/mol. The summed E-state index contributed by atoms with van der Waals surface area (Å²) in [6.45, 7) is 4.70. The first-order valence-electron chi connectivity index (χ1n) is 13.4. The Kier molecular flexibility index (Phi) is 7.48. The van der Waals surface area contributed by atoms with Gasteiger partial charge in [0.25, 0.3) is 0 Å². The van der Waals surface area contributed by atoms with E-state index in [1.165, 1.54) is 42.5 Å². The van der Waals surface area contributed by atoms with E-state index in [9.17, 15) is 0 Å². The van der Waals surface area contributed by atoms with E-state index in [4.69, 9.17) is 14.5 Å². The van der Waals surface area contributed by atoms with Crippen molar-refractivity contribution in [2.45, 2.75) is 87.9 Å². The van der Waals surface area contributed by atoms with Crippen LogP contribution < -0.4 is 5.32 Å². The summed E-state index contributed by atoms with van der Waals surface area (Å²) in [5.74, 6) is 0. The number of fused-ring (bicyclic) bond motifs is 1. The highest BCUT2D eigenvalue weighted by atomic mass is 16.5. The topological polar surface area (TPSA) is 43.4 Å². The van der Waals surface area contributed by atoms with Gasteiger partial charge in [-0.1, -0.05) is 62.2 Å². The normalized spacial score (nSPS) is 28.4. The fraction of sp³-hybridized carbons (Fsp3) is 0.567. The van der Waals surface area contributed by atoms with Gasteiger partial charge in [-0.2, -0.15) is 0 Å². The van der Waals surface area contributed by atoms with Crippen molar-refractivity contribution in [1.29, 1.82) is 0 Å². The summed E-state index contributed by atoms with van der Waals surface area (Å²) in [6.07, 6.45) is 17.2. The van der Waals surface area contributed by atoms with Crippen molar-refractivity contribution in [3.63, 3.8) is 0 Å². The molecule has 2 aliphatic carbocycles. The van der Waals surface area contributed by atoms with E-state index in [-0.39, 0.29) is 17.1 Å².